The van der Waals surface area contributed by atoms with Crippen molar-refractivity contribution in [1.29, 1.82) is 0 Å². The van der Waals surface area contributed by atoms with E-state index in [2.05, 4.69) is 0 Å². The molecule has 2 aromatic rings. The highest BCUT2D eigenvalue weighted by Gasteiger charge is 2.05. The molecule has 0 aromatic heterocycles. The SMILES string of the molecule is O=C(Cl)c1ccc2cccc(F)c2c1. The van der Waals surface area contributed by atoms with Crippen LogP contribution >= 0.6 is 11.6 Å². The standard InChI is InChI=1S/C11H6ClFO/c12-11(14)8-5-4-7-2-1-3-10(13)9(7)6-8/h1-6H. The molecule has 0 fully saturated rings. The van der Waals surface area contributed by atoms with Crippen LogP contribution in [0.2, 0.25) is 0 Å². The van der Waals surface area contributed by atoms with Gasteiger partial charge in [0.05, 0.1) is 0 Å². The Hall–Kier alpha value is -1.41. The first-order valence-electron chi connectivity index (χ1n) is 4.06. The number of carbonyl (C=O) groups excluding carboxylic acids is 1. The molecule has 70 valence electrons. The number of hydrogen-bond acceptors (Lipinski definition) is 1. The fraction of sp³-hybridized carbons (Fsp3) is 0. The van der Waals surface area contributed by atoms with Crippen LogP contribution in [-0.2, 0) is 0 Å². The molecule has 0 radical (unpaired) electrons. The molecule has 0 amide bonds. The van der Waals surface area contributed by atoms with Crippen molar-refractivity contribution in [1.82, 2.24) is 0 Å². The van der Waals surface area contributed by atoms with Crippen LogP contribution in [0.5, 0.6) is 0 Å². The van der Waals surface area contributed by atoms with Gasteiger partial charge in [0, 0.05) is 10.9 Å². The Bertz CT molecular complexity index is 508. The van der Waals surface area contributed by atoms with Gasteiger partial charge in [-0.3, -0.25) is 4.79 Å². The second-order valence-electron chi connectivity index (χ2n) is 2.95. The summed E-state index contributed by atoms with van der Waals surface area (Å²) in [6, 6.07) is 9.47. The molecule has 2 aromatic carbocycles. The van der Waals surface area contributed by atoms with Crippen LogP contribution in [0.4, 0.5) is 4.39 Å². The van der Waals surface area contributed by atoms with Crippen molar-refractivity contribution >= 4 is 27.6 Å². The number of carbonyl (C=O) groups is 1. The van der Waals surface area contributed by atoms with E-state index in [-0.39, 0.29) is 5.82 Å². The molecule has 0 saturated carbocycles. The molecular weight excluding hydrogens is 203 g/mol. The third-order valence-electron chi connectivity index (χ3n) is 2.06. The summed E-state index contributed by atoms with van der Waals surface area (Å²) in [6.07, 6.45) is 0. The molecule has 1 nitrogen and oxygen atoms in total. The molecule has 0 atom stereocenters. The maximum absolute atomic E-state index is 13.3. The molecule has 0 bridgehead atoms. The Labute approximate surface area is 85.1 Å². The lowest BCUT2D eigenvalue weighted by Crippen LogP contribution is -1.89. The van der Waals surface area contributed by atoms with Crippen molar-refractivity contribution in [2.24, 2.45) is 0 Å². The minimum atomic E-state index is -0.574. The number of halogens is 2. The topological polar surface area (TPSA) is 17.1 Å². The van der Waals surface area contributed by atoms with E-state index in [1.165, 1.54) is 12.1 Å². The van der Waals surface area contributed by atoms with E-state index < -0.39 is 5.24 Å². The van der Waals surface area contributed by atoms with Crippen LogP contribution in [0.3, 0.4) is 0 Å². The summed E-state index contributed by atoms with van der Waals surface area (Å²) in [4.78, 5) is 10.8. The highest BCUT2D eigenvalue weighted by Crippen LogP contribution is 2.19. The molecule has 0 unspecified atom stereocenters. The molecule has 0 aliphatic carbocycles. The zero-order valence-corrected chi connectivity index (χ0v) is 7.88. The van der Waals surface area contributed by atoms with Crippen molar-refractivity contribution in [3.05, 3.63) is 47.8 Å². The van der Waals surface area contributed by atoms with Crippen LogP contribution in [0.1, 0.15) is 10.4 Å². The fourth-order valence-electron chi connectivity index (χ4n) is 1.36. The smallest absolute Gasteiger partial charge is 0.252 e. The number of rotatable bonds is 1. The molecule has 0 N–H and O–H groups in total. The molecule has 3 heteroatoms. The predicted molar refractivity (Wildman–Crippen MR) is 54.1 cm³/mol. The van der Waals surface area contributed by atoms with Gasteiger partial charge in [0.2, 0.25) is 0 Å². The maximum atomic E-state index is 13.3. The minimum Gasteiger partial charge on any atom is -0.276 e. The van der Waals surface area contributed by atoms with Crippen LogP contribution in [0.25, 0.3) is 10.8 Å². The molecule has 0 saturated heterocycles. The normalized spacial score (nSPS) is 10.4. The average molecular weight is 209 g/mol. The Morgan fingerprint density at radius 2 is 2.00 bits per heavy atom. The summed E-state index contributed by atoms with van der Waals surface area (Å²) in [6.45, 7) is 0. The monoisotopic (exact) mass is 208 g/mol. The van der Waals surface area contributed by atoms with Crippen molar-refractivity contribution in [3.8, 4) is 0 Å². The van der Waals surface area contributed by atoms with Crippen molar-refractivity contribution < 1.29 is 9.18 Å². The minimum absolute atomic E-state index is 0.310. The van der Waals surface area contributed by atoms with Gasteiger partial charge >= 0.3 is 0 Å². The summed E-state index contributed by atoms with van der Waals surface area (Å²) in [5.74, 6) is -0.345. The quantitative estimate of drug-likeness (QED) is 0.657. The van der Waals surface area contributed by atoms with Crippen molar-refractivity contribution in [2.45, 2.75) is 0 Å². The summed E-state index contributed by atoms with van der Waals surface area (Å²) < 4.78 is 13.3. The molecule has 0 spiro atoms. The van der Waals surface area contributed by atoms with Crippen molar-refractivity contribution in [3.63, 3.8) is 0 Å². The van der Waals surface area contributed by atoms with Crippen LogP contribution in [0.15, 0.2) is 36.4 Å². The van der Waals surface area contributed by atoms with E-state index in [1.807, 2.05) is 0 Å². The van der Waals surface area contributed by atoms with Gasteiger partial charge in [-0.2, -0.15) is 0 Å². The average Bonchev–Trinajstić information content (AvgIpc) is 2.18. The second-order valence-corrected chi connectivity index (χ2v) is 3.29. The zero-order valence-electron chi connectivity index (χ0n) is 7.13. The van der Waals surface area contributed by atoms with Crippen LogP contribution in [-0.4, -0.2) is 5.24 Å². The highest BCUT2D eigenvalue weighted by atomic mass is 35.5. The van der Waals surface area contributed by atoms with E-state index in [0.717, 1.165) is 5.39 Å². The van der Waals surface area contributed by atoms with Gasteiger partial charge in [0.15, 0.2) is 0 Å². The molecule has 0 aliphatic heterocycles. The zero-order chi connectivity index (χ0) is 10.1. The van der Waals surface area contributed by atoms with Gasteiger partial charge in [0.1, 0.15) is 5.82 Å². The Balaban J connectivity index is 2.76. The van der Waals surface area contributed by atoms with Gasteiger partial charge in [0.25, 0.3) is 5.24 Å². The molecule has 2 rings (SSSR count). The first-order valence-corrected chi connectivity index (χ1v) is 4.44. The third kappa shape index (κ3) is 1.49. The van der Waals surface area contributed by atoms with E-state index in [9.17, 15) is 9.18 Å². The lowest BCUT2D eigenvalue weighted by molar-refractivity contribution is 0.108. The van der Waals surface area contributed by atoms with Gasteiger partial charge in [-0.25, -0.2) is 4.39 Å². The summed E-state index contributed by atoms with van der Waals surface area (Å²) in [5.41, 5.74) is 0.310. The maximum Gasteiger partial charge on any atom is 0.252 e. The van der Waals surface area contributed by atoms with Crippen LogP contribution < -0.4 is 0 Å². The van der Waals surface area contributed by atoms with Gasteiger partial charge in [-0.1, -0.05) is 18.2 Å². The second kappa shape index (κ2) is 3.39. The van der Waals surface area contributed by atoms with Gasteiger partial charge in [-0.15, -0.1) is 0 Å². The Kier molecular flexibility index (Phi) is 2.22. The Morgan fingerprint density at radius 3 is 2.71 bits per heavy atom. The summed E-state index contributed by atoms with van der Waals surface area (Å²) in [7, 11) is 0. The third-order valence-corrected chi connectivity index (χ3v) is 2.27. The number of benzene rings is 2. The first-order chi connectivity index (χ1) is 6.68. The van der Waals surface area contributed by atoms with E-state index in [4.69, 9.17) is 11.6 Å². The molecule has 0 heterocycles. The van der Waals surface area contributed by atoms with E-state index in [1.54, 1.807) is 24.3 Å². The van der Waals surface area contributed by atoms with E-state index >= 15 is 0 Å². The Morgan fingerprint density at radius 1 is 1.21 bits per heavy atom. The van der Waals surface area contributed by atoms with Crippen LogP contribution in [0, 0.1) is 5.82 Å². The fourth-order valence-corrected chi connectivity index (χ4v) is 1.47. The van der Waals surface area contributed by atoms with Gasteiger partial charge < -0.3 is 0 Å². The largest absolute Gasteiger partial charge is 0.276 e. The van der Waals surface area contributed by atoms with Gasteiger partial charge in [-0.05, 0) is 35.2 Å². The lowest BCUT2D eigenvalue weighted by atomic mass is 10.1. The lowest BCUT2D eigenvalue weighted by Gasteiger charge is -2.00. The summed E-state index contributed by atoms with van der Waals surface area (Å²) >= 11 is 5.29. The number of fused-ring (bicyclic) bond motifs is 1. The first kappa shape index (κ1) is 9.16. The molecular formula is C11H6ClFO. The molecule has 0 aliphatic rings. The van der Waals surface area contributed by atoms with Crippen molar-refractivity contribution in [2.75, 3.05) is 0 Å². The summed E-state index contributed by atoms with van der Waals surface area (Å²) in [5, 5.41) is 0.598. The highest BCUT2D eigenvalue weighted by molar-refractivity contribution is 6.67. The predicted octanol–water partition coefficient (Wildman–Crippen LogP) is 3.36. The number of hydrogen-bond donors (Lipinski definition) is 0. The molecule has 14 heavy (non-hydrogen) atoms. The van der Waals surface area contributed by atoms with E-state index in [0.29, 0.717) is 10.9 Å².